The van der Waals surface area contributed by atoms with E-state index in [1.807, 2.05) is 0 Å². The fraction of sp³-hybridized carbons (Fsp3) is 0.889. The standard InChI is InChI=1S/2C10H17F5O5.2C6H13FO3.2C2F4/c2*11-7-19-6-10(14,15)20-4-8(17)3-18-5-9(12,13)1-2-16;2*1-9-4-6(8)5-10-3-2-7;2*3-1(4)2(5)6/h2*8,16-17H,1-7H2;2*6,8H,2-5H2,1H3;;. The van der Waals surface area contributed by atoms with Crippen LogP contribution in [-0.4, -0.2) is 226 Å². The first kappa shape index (κ1) is 80.8. The highest BCUT2D eigenvalue weighted by Crippen LogP contribution is 2.21. The van der Waals surface area contributed by atoms with Crippen LogP contribution < -0.4 is 0 Å². The first-order valence-corrected chi connectivity index (χ1v) is 19.5. The van der Waals surface area contributed by atoms with E-state index < -0.39 is 179 Å². The number of ether oxygens (including phenoxy) is 10. The highest BCUT2D eigenvalue weighted by molar-refractivity contribution is 4.77. The van der Waals surface area contributed by atoms with Gasteiger partial charge in [-0.25, -0.2) is 35.1 Å². The molecule has 36 heteroatoms. The van der Waals surface area contributed by atoms with Crippen LogP contribution in [0.25, 0.3) is 0 Å². The molecule has 4 unspecified atom stereocenters. The predicted molar refractivity (Wildman–Crippen MR) is 205 cm³/mol. The molecule has 0 spiro atoms. The quantitative estimate of drug-likeness (QED) is 0.0323. The van der Waals surface area contributed by atoms with Gasteiger partial charge in [0.05, 0.1) is 66.1 Å². The largest absolute Gasteiger partial charge is 0.396 e. The van der Waals surface area contributed by atoms with E-state index >= 15 is 0 Å². The Kier molecular flexibility index (Phi) is 58.3. The highest BCUT2D eigenvalue weighted by Gasteiger charge is 2.34. The second kappa shape index (κ2) is 51.9. The molecule has 440 valence electrons. The minimum atomic E-state index is -3.80. The molecule has 0 aliphatic carbocycles. The Morgan fingerprint density at radius 2 is 0.653 bits per heavy atom. The van der Waals surface area contributed by atoms with Gasteiger partial charge in [0.1, 0.15) is 64.2 Å². The van der Waals surface area contributed by atoms with E-state index in [9.17, 15) is 98.0 Å². The SMILES string of the molecule is COCC(O)COCCF.COCC(O)COCCF.FC(F)=C(F)F.FC(F)=C(F)F.OCCC(F)(F)COCC(O)COC(F)(F)COCF.OCCC(F)(F)COCC(O)COC(F)(F)COCF. The Bertz CT molecular complexity index is 1120. The van der Waals surface area contributed by atoms with Crippen molar-refractivity contribution in [1.82, 2.24) is 0 Å². The summed E-state index contributed by atoms with van der Waals surface area (Å²) < 4.78 is 273. The van der Waals surface area contributed by atoms with Gasteiger partial charge >= 0.3 is 36.5 Å². The Labute approximate surface area is 398 Å². The summed E-state index contributed by atoms with van der Waals surface area (Å²) in [5.74, 6) is -6.54. The fourth-order valence-corrected chi connectivity index (χ4v) is 3.12. The molecule has 0 bridgehead atoms. The van der Waals surface area contributed by atoms with Crippen LogP contribution in [0.4, 0.5) is 87.8 Å². The minimum absolute atomic E-state index is 0.0424. The highest BCUT2D eigenvalue weighted by atomic mass is 19.3. The topological polar surface area (TPSA) is 214 Å². The number of hydrogen-bond donors (Lipinski definition) is 6. The van der Waals surface area contributed by atoms with Gasteiger partial charge in [0.25, 0.3) is 11.8 Å². The third kappa shape index (κ3) is 69.5. The molecule has 72 heavy (non-hydrogen) atoms. The van der Waals surface area contributed by atoms with Crippen molar-refractivity contribution in [3.05, 3.63) is 24.3 Å². The van der Waals surface area contributed by atoms with Crippen molar-refractivity contribution in [3.63, 3.8) is 0 Å². The molecule has 0 aromatic carbocycles. The molecule has 0 aromatic rings. The van der Waals surface area contributed by atoms with Crippen LogP contribution in [0.3, 0.4) is 0 Å². The van der Waals surface area contributed by atoms with Crippen molar-refractivity contribution in [2.45, 2.75) is 61.3 Å². The van der Waals surface area contributed by atoms with Gasteiger partial charge in [0.15, 0.2) is 13.7 Å². The second-order valence-corrected chi connectivity index (χ2v) is 12.6. The Hall–Kier alpha value is -2.56. The summed E-state index contributed by atoms with van der Waals surface area (Å²) in [7, 11) is 2.97. The summed E-state index contributed by atoms with van der Waals surface area (Å²) >= 11 is 0. The maximum Gasteiger partial charge on any atom is 0.379 e. The number of hydrogen-bond acceptors (Lipinski definition) is 16. The van der Waals surface area contributed by atoms with E-state index in [2.05, 4.69) is 37.9 Å². The van der Waals surface area contributed by atoms with Crippen LogP contribution in [0.1, 0.15) is 12.8 Å². The first-order chi connectivity index (χ1) is 33.3. The lowest BCUT2D eigenvalue weighted by atomic mass is 10.2. The summed E-state index contributed by atoms with van der Waals surface area (Å²) in [6.45, 7) is -12.4. The molecule has 0 rings (SSSR count). The van der Waals surface area contributed by atoms with Crippen LogP contribution in [0, 0.1) is 0 Å². The van der Waals surface area contributed by atoms with Crippen LogP contribution in [0.5, 0.6) is 0 Å². The maximum absolute atomic E-state index is 12.8. The van der Waals surface area contributed by atoms with Gasteiger partial charge in [-0.05, 0) is 0 Å². The van der Waals surface area contributed by atoms with Crippen molar-refractivity contribution in [2.24, 2.45) is 0 Å². The molecule has 0 heterocycles. The van der Waals surface area contributed by atoms with E-state index in [-0.39, 0.29) is 39.6 Å². The van der Waals surface area contributed by atoms with Crippen molar-refractivity contribution < 1.29 is 166 Å². The Morgan fingerprint density at radius 1 is 0.389 bits per heavy atom. The van der Waals surface area contributed by atoms with Gasteiger partial charge in [-0.3, -0.25) is 0 Å². The maximum atomic E-state index is 12.8. The summed E-state index contributed by atoms with van der Waals surface area (Å²) in [5.41, 5.74) is 0. The van der Waals surface area contributed by atoms with E-state index in [1.165, 1.54) is 14.2 Å². The monoisotopic (exact) mass is 1130 g/mol. The van der Waals surface area contributed by atoms with Gasteiger partial charge in [-0.15, -0.1) is 0 Å². The molecule has 0 aliphatic rings. The lowest BCUT2D eigenvalue weighted by molar-refractivity contribution is -0.278. The molecule has 0 fully saturated rings. The van der Waals surface area contributed by atoms with Gasteiger partial charge in [-0.1, -0.05) is 0 Å². The number of aliphatic hydroxyl groups is 6. The molecule has 6 N–H and O–H groups in total. The predicted octanol–water partition coefficient (Wildman–Crippen LogP) is 5.81. The first-order valence-electron chi connectivity index (χ1n) is 19.5. The van der Waals surface area contributed by atoms with E-state index in [1.54, 1.807) is 0 Å². The third-order valence-electron chi connectivity index (χ3n) is 5.94. The number of alkyl halides is 12. The molecule has 0 aliphatic heterocycles. The average Bonchev–Trinajstić information content (AvgIpc) is 3.27. The van der Waals surface area contributed by atoms with E-state index in [0.29, 0.717) is 0 Å². The molecule has 0 saturated carbocycles. The van der Waals surface area contributed by atoms with Crippen molar-refractivity contribution in [1.29, 1.82) is 0 Å². The molecule has 0 saturated heterocycles. The molecule has 16 nitrogen and oxygen atoms in total. The number of aliphatic hydroxyl groups excluding tert-OH is 6. The molecule has 0 aromatic heterocycles. The minimum Gasteiger partial charge on any atom is -0.396 e. The van der Waals surface area contributed by atoms with Gasteiger partial charge in [0, 0.05) is 40.3 Å². The van der Waals surface area contributed by atoms with Crippen LogP contribution in [0.15, 0.2) is 24.3 Å². The normalized spacial score (nSPS) is 13.2. The average molecular weight is 1130 g/mol. The number of halogens is 20. The van der Waals surface area contributed by atoms with Crippen molar-refractivity contribution in [2.75, 3.05) is 147 Å². The van der Waals surface area contributed by atoms with Crippen molar-refractivity contribution in [3.8, 4) is 0 Å². The van der Waals surface area contributed by atoms with E-state index in [0.717, 1.165) is 0 Å². The van der Waals surface area contributed by atoms with Gasteiger partial charge in [0.2, 0.25) is 0 Å². The van der Waals surface area contributed by atoms with E-state index in [4.69, 9.17) is 29.9 Å². The van der Waals surface area contributed by atoms with Gasteiger partial charge in [-0.2, -0.15) is 52.7 Å². The second-order valence-electron chi connectivity index (χ2n) is 12.6. The van der Waals surface area contributed by atoms with Crippen LogP contribution in [-0.2, 0) is 47.4 Å². The lowest BCUT2D eigenvalue weighted by Gasteiger charge is -2.20. The van der Waals surface area contributed by atoms with Crippen LogP contribution >= 0.6 is 0 Å². The molecular formula is C36H60F20O16. The molecule has 4 atom stereocenters. The summed E-state index contributed by atoms with van der Waals surface area (Å²) in [4.78, 5) is 0. The zero-order chi connectivity index (χ0) is 57.2. The summed E-state index contributed by atoms with van der Waals surface area (Å²) in [6, 6.07) is 0. The number of rotatable bonds is 36. The van der Waals surface area contributed by atoms with Crippen LogP contribution in [0.2, 0.25) is 0 Å². The molecular weight excluding hydrogens is 1070 g/mol. The smallest absolute Gasteiger partial charge is 0.379 e. The zero-order valence-electron chi connectivity index (χ0n) is 38.2. The molecule has 0 amide bonds. The Balaban J connectivity index is -0.000000193. The summed E-state index contributed by atoms with van der Waals surface area (Å²) in [6.07, 6.45) is -25.2. The fourth-order valence-electron chi connectivity index (χ4n) is 3.12. The molecule has 0 radical (unpaired) electrons. The third-order valence-corrected chi connectivity index (χ3v) is 5.94. The Morgan fingerprint density at radius 3 is 0.875 bits per heavy atom. The zero-order valence-corrected chi connectivity index (χ0v) is 38.2. The number of methoxy groups -OCH3 is 2. The summed E-state index contributed by atoms with van der Waals surface area (Å²) in [5, 5.41) is 52.8. The van der Waals surface area contributed by atoms with Crippen molar-refractivity contribution >= 4 is 0 Å². The van der Waals surface area contributed by atoms with Gasteiger partial charge < -0.3 is 78.0 Å². The lowest BCUT2D eigenvalue weighted by Crippen LogP contribution is -2.34.